The molecule has 11 heteroatoms. The first kappa shape index (κ1) is 21.0. The lowest BCUT2D eigenvalue weighted by Crippen LogP contribution is -2.31. The van der Waals surface area contributed by atoms with Gasteiger partial charge >= 0.3 is 0 Å². The lowest BCUT2D eigenvalue weighted by atomic mass is 10.1. The molecule has 0 amide bonds. The molecule has 1 aliphatic rings. The number of hydrogen-bond donors (Lipinski definition) is 3. The molecule has 32 heavy (non-hydrogen) atoms. The molecule has 1 aromatic heterocycles. The first-order valence-electron chi connectivity index (χ1n) is 10.2. The van der Waals surface area contributed by atoms with Crippen LogP contribution in [0.4, 0.5) is 29.2 Å². The molecular weight excluding hydrogens is 412 g/mol. The Labute approximate surface area is 184 Å². The number of phenolic OH excluding ortho intramolecular Hbond substituents is 1. The highest BCUT2D eigenvalue weighted by Crippen LogP contribution is 2.22. The zero-order chi connectivity index (χ0) is 22.3. The maximum atomic E-state index is 10.9. The van der Waals surface area contributed by atoms with Crippen molar-refractivity contribution in [3.05, 3.63) is 64.2 Å². The lowest BCUT2D eigenvalue weighted by molar-refractivity contribution is -0.384. The number of aromatic nitrogens is 3. The van der Waals surface area contributed by atoms with E-state index in [0.29, 0.717) is 17.2 Å². The van der Waals surface area contributed by atoms with Crippen LogP contribution in [0.15, 0.2) is 53.6 Å². The Morgan fingerprint density at radius 3 is 2.44 bits per heavy atom. The fraction of sp³-hybridized carbons (Fsp3) is 0.238. The molecule has 2 heterocycles. The second-order valence-corrected chi connectivity index (χ2v) is 7.19. The van der Waals surface area contributed by atoms with Crippen LogP contribution in [0.3, 0.4) is 0 Å². The molecule has 3 N–H and O–H groups in total. The SMILES string of the molecule is O=[N+]([O-])c1ccc(Nc2nc(N/N=C/c3ccccc3O)nc(N3CCCCC3)n2)cc1. The molecule has 11 nitrogen and oxygen atoms in total. The Balaban J connectivity index is 1.57. The molecule has 0 atom stereocenters. The zero-order valence-corrected chi connectivity index (χ0v) is 17.2. The molecule has 3 aromatic rings. The van der Waals surface area contributed by atoms with Crippen molar-refractivity contribution in [2.24, 2.45) is 5.10 Å². The second kappa shape index (κ2) is 9.69. The van der Waals surface area contributed by atoms with E-state index in [-0.39, 0.29) is 23.3 Å². The summed E-state index contributed by atoms with van der Waals surface area (Å²) in [5.41, 5.74) is 3.95. The Morgan fingerprint density at radius 2 is 1.72 bits per heavy atom. The summed E-state index contributed by atoms with van der Waals surface area (Å²) >= 11 is 0. The minimum absolute atomic E-state index is 0.000981. The fourth-order valence-corrected chi connectivity index (χ4v) is 3.26. The Kier molecular flexibility index (Phi) is 6.35. The number of nitro groups is 1. The number of nitrogens with one attached hydrogen (secondary N) is 2. The van der Waals surface area contributed by atoms with Gasteiger partial charge in [-0.1, -0.05) is 12.1 Å². The topological polar surface area (TPSA) is 142 Å². The summed E-state index contributed by atoms with van der Waals surface area (Å²) in [7, 11) is 0. The van der Waals surface area contributed by atoms with Gasteiger partial charge in [-0.25, -0.2) is 5.43 Å². The van der Waals surface area contributed by atoms with E-state index in [0.717, 1.165) is 25.9 Å². The molecule has 1 fully saturated rings. The van der Waals surface area contributed by atoms with Gasteiger partial charge < -0.3 is 15.3 Å². The van der Waals surface area contributed by atoms with Gasteiger partial charge in [0.15, 0.2) is 0 Å². The average Bonchev–Trinajstić information content (AvgIpc) is 2.81. The minimum atomic E-state index is -0.453. The summed E-state index contributed by atoms with van der Waals surface area (Å²) in [5.74, 6) is 1.15. The number of nitrogens with zero attached hydrogens (tertiary/aromatic N) is 6. The Bertz CT molecular complexity index is 1110. The number of para-hydroxylation sites is 1. The predicted molar refractivity (Wildman–Crippen MR) is 122 cm³/mol. The van der Waals surface area contributed by atoms with Gasteiger partial charge in [-0.15, -0.1) is 0 Å². The number of phenols is 1. The summed E-state index contributed by atoms with van der Waals surface area (Å²) in [6, 6.07) is 12.8. The van der Waals surface area contributed by atoms with Crippen molar-refractivity contribution in [3.8, 4) is 5.75 Å². The van der Waals surface area contributed by atoms with E-state index in [1.54, 1.807) is 36.4 Å². The molecule has 0 radical (unpaired) electrons. The Hall–Kier alpha value is -4.28. The normalized spacial score (nSPS) is 13.8. The zero-order valence-electron chi connectivity index (χ0n) is 17.2. The second-order valence-electron chi connectivity index (χ2n) is 7.19. The number of hydrogen-bond acceptors (Lipinski definition) is 10. The molecule has 0 saturated carbocycles. The third kappa shape index (κ3) is 5.25. The summed E-state index contributed by atoms with van der Waals surface area (Å²) in [6.07, 6.45) is 4.77. The van der Waals surface area contributed by atoms with Gasteiger partial charge in [0.1, 0.15) is 5.75 Å². The maximum absolute atomic E-state index is 10.9. The highest BCUT2D eigenvalue weighted by atomic mass is 16.6. The van der Waals surface area contributed by atoms with Crippen LogP contribution >= 0.6 is 0 Å². The number of non-ortho nitro benzene ring substituents is 1. The van der Waals surface area contributed by atoms with Crippen molar-refractivity contribution < 1.29 is 10.0 Å². The summed E-state index contributed by atoms with van der Waals surface area (Å²) in [4.78, 5) is 25.9. The van der Waals surface area contributed by atoms with Gasteiger partial charge in [0.2, 0.25) is 17.8 Å². The summed E-state index contributed by atoms with van der Waals surface area (Å²) in [6.45, 7) is 1.70. The molecule has 2 aromatic carbocycles. The van der Waals surface area contributed by atoms with Crippen molar-refractivity contribution in [2.75, 3.05) is 28.7 Å². The largest absolute Gasteiger partial charge is 0.507 e. The highest BCUT2D eigenvalue weighted by Gasteiger charge is 2.16. The van der Waals surface area contributed by atoms with Crippen LogP contribution in [0, 0.1) is 10.1 Å². The van der Waals surface area contributed by atoms with Crippen LogP contribution in [0.1, 0.15) is 24.8 Å². The molecule has 1 saturated heterocycles. The van der Waals surface area contributed by atoms with Crippen LogP contribution < -0.4 is 15.6 Å². The molecule has 4 rings (SSSR count). The van der Waals surface area contributed by atoms with Crippen LogP contribution in [0.25, 0.3) is 0 Å². The van der Waals surface area contributed by atoms with Gasteiger partial charge in [-0.2, -0.15) is 20.1 Å². The number of hydrazone groups is 1. The average molecular weight is 434 g/mol. The van der Waals surface area contributed by atoms with Crippen molar-refractivity contribution >= 4 is 35.4 Å². The van der Waals surface area contributed by atoms with E-state index in [2.05, 4.69) is 35.7 Å². The molecular formula is C21H22N8O3. The molecule has 1 aliphatic heterocycles. The standard InChI is InChI=1S/C21H22N8O3/c30-18-7-3-2-6-15(18)14-22-27-20-24-19(23-16-8-10-17(11-9-16)29(31)32)25-21(26-20)28-12-4-1-5-13-28/h2-3,6-11,14,30H,1,4-5,12-13H2,(H2,23,24,25,26,27)/b22-14+. The predicted octanol–water partition coefficient (Wildman–Crippen LogP) is 3.67. The van der Waals surface area contributed by atoms with E-state index in [4.69, 9.17) is 0 Å². The van der Waals surface area contributed by atoms with Gasteiger partial charge in [0, 0.05) is 36.5 Å². The monoisotopic (exact) mass is 434 g/mol. The Morgan fingerprint density at radius 1 is 1.00 bits per heavy atom. The minimum Gasteiger partial charge on any atom is -0.507 e. The first-order valence-corrected chi connectivity index (χ1v) is 10.2. The van der Waals surface area contributed by atoms with Gasteiger partial charge in [-0.3, -0.25) is 10.1 Å². The molecule has 0 unspecified atom stereocenters. The third-order valence-electron chi connectivity index (χ3n) is 4.90. The number of nitro benzene ring substituents is 1. The maximum Gasteiger partial charge on any atom is 0.269 e. The van der Waals surface area contributed by atoms with Crippen LogP contribution in [0.5, 0.6) is 5.75 Å². The van der Waals surface area contributed by atoms with Crippen molar-refractivity contribution in [1.82, 2.24) is 15.0 Å². The van der Waals surface area contributed by atoms with Gasteiger partial charge in [-0.05, 0) is 43.5 Å². The highest BCUT2D eigenvalue weighted by molar-refractivity contribution is 5.83. The number of aromatic hydroxyl groups is 1. The smallest absolute Gasteiger partial charge is 0.269 e. The first-order chi connectivity index (χ1) is 15.6. The molecule has 0 spiro atoms. The summed E-state index contributed by atoms with van der Waals surface area (Å²) in [5, 5.41) is 27.9. The molecule has 0 aliphatic carbocycles. The fourth-order valence-electron chi connectivity index (χ4n) is 3.26. The third-order valence-corrected chi connectivity index (χ3v) is 4.90. The van der Waals surface area contributed by atoms with Crippen LogP contribution in [0.2, 0.25) is 0 Å². The van der Waals surface area contributed by atoms with E-state index in [1.165, 1.54) is 24.8 Å². The number of anilines is 4. The number of benzene rings is 2. The summed E-state index contributed by atoms with van der Waals surface area (Å²) < 4.78 is 0. The van der Waals surface area contributed by atoms with E-state index < -0.39 is 4.92 Å². The van der Waals surface area contributed by atoms with Crippen LogP contribution in [-0.4, -0.2) is 44.3 Å². The van der Waals surface area contributed by atoms with Crippen molar-refractivity contribution in [1.29, 1.82) is 0 Å². The molecule has 164 valence electrons. The lowest BCUT2D eigenvalue weighted by Gasteiger charge is -2.26. The quantitative estimate of drug-likeness (QED) is 0.288. The van der Waals surface area contributed by atoms with E-state index in [9.17, 15) is 15.2 Å². The number of piperidine rings is 1. The van der Waals surface area contributed by atoms with E-state index in [1.807, 2.05) is 0 Å². The van der Waals surface area contributed by atoms with Crippen LogP contribution in [-0.2, 0) is 0 Å². The van der Waals surface area contributed by atoms with Gasteiger partial charge in [0.25, 0.3) is 5.69 Å². The number of rotatable bonds is 7. The molecule has 0 bridgehead atoms. The van der Waals surface area contributed by atoms with Crippen molar-refractivity contribution in [2.45, 2.75) is 19.3 Å². The van der Waals surface area contributed by atoms with Gasteiger partial charge in [0.05, 0.1) is 11.1 Å². The van der Waals surface area contributed by atoms with E-state index >= 15 is 0 Å². The van der Waals surface area contributed by atoms with Crippen molar-refractivity contribution in [3.63, 3.8) is 0 Å².